The fraction of sp³-hybridized carbons (Fsp3) is 0.524. The zero-order chi connectivity index (χ0) is 20.4. The number of aromatic nitrogens is 1. The number of amides is 1. The fourth-order valence-electron chi connectivity index (χ4n) is 4.09. The Kier molecular flexibility index (Phi) is 6.03. The van der Waals surface area contributed by atoms with Crippen LogP contribution in [0.3, 0.4) is 0 Å². The molecule has 29 heavy (non-hydrogen) atoms. The molecule has 2 fully saturated rings. The molecule has 1 aromatic carbocycles. The molecule has 2 saturated heterocycles. The third kappa shape index (κ3) is 4.25. The van der Waals surface area contributed by atoms with Gasteiger partial charge in [0.05, 0.1) is 15.6 Å². The summed E-state index contributed by atoms with van der Waals surface area (Å²) in [5, 5.41) is 3.20. The molecule has 0 saturated carbocycles. The normalized spacial score (nSPS) is 20.9. The molecular formula is C21H27N3O3S2. The summed E-state index contributed by atoms with van der Waals surface area (Å²) in [5.41, 5.74) is 1.55. The lowest BCUT2D eigenvalue weighted by atomic mass is 9.98. The minimum atomic E-state index is -3.53. The van der Waals surface area contributed by atoms with E-state index in [2.05, 4.69) is 12.3 Å². The number of aryl methyl sites for hydroxylation is 1. The van der Waals surface area contributed by atoms with Gasteiger partial charge in [0.15, 0.2) is 0 Å². The van der Waals surface area contributed by atoms with E-state index < -0.39 is 10.0 Å². The molecule has 6 nitrogen and oxygen atoms in total. The first-order valence-corrected chi connectivity index (χ1v) is 12.6. The van der Waals surface area contributed by atoms with E-state index in [1.54, 1.807) is 29.5 Å². The lowest BCUT2D eigenvalue weighted by Crippen LogP contribution is -2.39. The Morgan fingerprint density at radius 3 is 2.72 bits per heavy atom. The predicted octanol–water partition coefficient (Wildman–Crippen LogP) is 3.51. The molecule has 2 aliphatic heterocycles. The number of nitrogens with zero attached hydrogens (tertiary/aromatic N) is 3. The number of benzene rings is 1. The average molecular weight is 434 g/mol. The monoisotopic (exact) mass is 433 g/mol. The van der Waals surface area contributed by atoms with E-state index >= 15 is 0 Å². The van der Waals surface area contributed by atoms with E-state index in [4.69, 9.17) is 4.98 Å². The molecule has 1 unspecified atom stereocenters. The van der Waals surface area contributed by atoms with Gasteiger partial charge < -0.3 is 4.90 Å². The standard InChI is InChI=1S/C21H27N3O3S2/c1-2-18-15-28-20(22-18)17-8-6-10-23(14-17)21(25)16-7-5-9-19(13-16)29(26,27)24-11-3-4-12-24/h5,7,9,13,15,17H,2-4,6,8,10-12,14H2,1H3. The average Bonchev–Trinajstić information content (AvgIpc) is 3.46. The van der Waals surface area contributed by atoms with Crippen LogP contribution in [-0.2, 0) is 16.4 Å². The van der Waals surface area contributed by atoms with Crippen molar-refractivity contribution in [3.63, 3.8) is 0 Å². The molecule has 3 heterocycles. The van der Waals surface area contributed by atoms with Crippen molar-refractivity contribution < 1.29 is 13.2 Å². The summed E-state index contributed by atoms with van der Waals surface area (Å²) in [6.45, 7) is 4.55. The van der Waals surface area contributed by atoms with Crippen molar-refractivity contribution in [2.24, 2.45) is 0 Å². The summed E-state index contributed by atoms with van der Waals surface area (Å²) in [7, 11) is -3.53. The van der Waals surface area contributed by atoms with Crippen LogP contribution in [0.4, 0.5) is 0 Å². The van der Waals surface area contributed by atoms with Crippen molar-refractivity contribution in [2.75, 3.05) is 26.2 Å². The molecule has 156 valence electrons. The molecule has 1 atom stereocenters. The van der Waals surface area contributed by atoms with Crippen LogP contribution < -0.4 is 0 Å². The second-order valence-corrected chi connectivity index (χ2v) is 10.6. The lowest BCUT2D eigenvalue weighted by molar-refractivity contribution is 0.0706. The van der Waals surface area contributed by atoms with Gasteiger partial charge in [-0.05, 0) is 50.3 Å². The molecule has 1 aromatic heterocycles. The van der Waals surface area contributed by atoms with Crippen LogP contribution in [0, 0.1) is 0 Å². The van der Waals surface area contributed by atoms with Crippen LogP contribution in [-0.4, -0.2) is 54.7 Å². The van der Waals surface area contributed by atoms with Crippen molar-refractivity contribution in [2.45, 2.75) is 49.8 Å². The Labute approximate surface area is 176 Å². The number of thiazole rings is 1. The van der Waals surface area contributed by atoms with Gasteiger partial charge in [-0.3, -0.25) is 4.79 Å². The molecule has 0 N–H and O–H groups in total. The molecule has 2 aliphatic rings. The predicted molar refractivity (Wildman–Crippen MR) is 114 cm³/mol. The van der Waals surface area contributed by atoms with E-state index in [-0.39, 0.29) is 16.7 Å². The molecule has 0 bridgehead atoms. The Hall–Kier alpha value is -1.77. The van der Waals surface area contributed by atoms with Crippen LogP contribution in [0.15, 0.2) is 34.5 Å². The van der Waals surface area contributed by atoms with Crippen LogP contribution in [0.25, 0.3) is 0 Å². The van der Waals surface area contributed by atoms with Gasteiger partial charge in [-0.1, -0.05) is 13.0 Å². The summed E-state index contributed by atoms with van der Waals surface area (Å²) in [6.07, 6.45) is 4.67. The van der Waals surface area contributed by atoms with E-state index in [0.29, 0.717) is 31.7 Å². The number of carbonyl (C=O) groups is 1. The van der Waals surface area contributed by atoms with Crippen molar-refractivity contribution in [3.05, 3.63) is 45.9 Å². The van der Waals surface area contributed by atoms with E-state index in [0.717, 1.165) is 42.8 Å². The van der Waals surface area contributed by atoms with E-state index in [9.17, 15) is 13.2 Å². The Balaban J connectivity index is 1.52. The second-order valence-electron chi connectivity index (χ2n) is 7.76. The van der Waals surface area contributed by atoms with Gasteiger partial charge in [0, 0.05) is 43.0 Å². The summed E-state index contributed by atoms with van der Waals surface area (Å²) in [5.74, 6) is 0.162. The van der Waals surface area contributed by atoms with Crippen LogP contribution in [0.5, 0.6) is 0 Å². The van der Waals surface area contributed by atoms with E-state index in [1.165, 1.54) is 10.4 Å². The highest BCUT2D eigenvalue weighted by Gasteiger charge is 2.30. The largest absolute Gasteiger partial charge is 0.338 e. The van der Waals surface area contributed by atoms with Crippen molar-refractivity contribution in [1.82, 2.24) is 14.2 Å². The van der Waals surface area contributed by atoms with E-state index in [1.807, 2.05) is 4.90 Å². The van der Waals surface area contributed by atoms with Crippen molar-refractivity contribution in [1.29, 1.82) is 0 Å². The summed E-state index contributed by atoms with van der Waals surface area (Å²) < 4.78 is 27.2. The summed E-state index contributed by atoms with van der Waals surface area (Å²) >= 11 is 1.68. The number of hydrogen-bond donors (Lipinski definition) is 0. The number of carbonyl (C=O) groups excluding carboxylic acids is 1. The van der Waals surface area contributed by atoms with Crippen LogP contribution in [0.1, 0.15) is 59.6 Å². The van der Waals surface area contributed by atoms with Gasteiger partial charge in [0.2, 0.25) is 10.0 Å². The third-order valence-corrected chi connectivity index (χ3v) is 8.72. The highest BCUT2D eigenvalue weighted by Crippen LogP contribution is 2.30. The first-order valence-electron chi connectivity index (χ1n) is 10.3. The number of likely N-dealkylation sites (tertiary alicyclic amines) is 1. The molecule has 0 spiro atoms. The third-order valence-electron chi connectivity index (χ3n) is 5.77. The minimum absolute atomic E-state index is 0.0968. The summed E-state index contributed by atoms with van der Waals surface area (Å²) in [6, 6.07) is 6.52. The molecule has 1 amide bonds. The fourth-order valence-corrected chi connectivity index (χ4v) is 6.68. The maximum Gasteiger partial charge on any atom is 0.253 e. The van der Waals surface area contributed by atoms with Gasteiger partial charge in [-0.2, -0.15) is 4.31 Å². The molecule has 2 aromatic rings. The number of piperidine rings is 1. The molecule has 0 aliphatic carbocycles. The lowest BCUT2D eigenvalue weighted by Gasteiger charge is -2.32. The van der Waals surface area contributed by atoms with Gasteiger partial charge in [0.25, 0.3) is 5.91 Å². The Bertz CT molecular complexity index is 981. The molecule has 8 heteroatoms. The van der Waals surface area contributed by atoms with Crippen LogP contribution >= 0.6 is 11.3 Å². The molecule has 4 rings (SSSR count). The van der Waals surface area contributed by atoms with Crippen LogP contribution in [0.2, 0.25) is 0 Å². The number of sulfonamides is 1. The minimum Gasteiger partial charge on any atom is -0.338 e. The highest BCUT2D eigenvalue weighted by atomic mass is 32.2. The number of rotatable bonds is 5. The first-order chi connectivity index (χ1) is 14.0. The van der Waals surface area contributed by atoms with Gasteiger partial charge in [-0.25, -0.2) is 13.4 Å². The second kappa shape index (κ2) is 8.53. The number of hydrogen-bond acceptors (Lipinski definition) is 5. The SMILES string of the molecule is CCc1csc(C2CCCN(C(=O)c3cccc(S(=O)(=O)N4CCCC4)c3)C2)n1. The van der Waals surface area contributed by atoms with Crippen molar-refractivity contribution in [3.8, 4) is 0 Å². The van der Waals surface area contributed by atoms with Crippen molar-refractivity contribution >= 4 is 27.3 Å². The quantitative estimate of drug-likeness (QED) is 0.723. The van der Waals surface area contributed by atoms with Gasteiger partial charge >= 0.3 is 0 Å². The Morgan fingerprint density at radius 2 is 2.00 bits per heavy atom. The van der Waals surface area contributed by atoms with Gasteiger partial charge in [-0.15, -0.1) is 11.3 Å². The zero-order valence-electron chi connectivity index (χ0n) is 16.7. The zero-order valence-corrected chi connectivity index (χ0v) is 18.3. The topological polar surface area (TPSA) is 70.6 Å². The Morgan fingerprint density at radius 1 is 1.21 bits per heavy atom. The smallest absolute Gasteiger partial charge is 0.253 e. The molecular weight excluding hydrogens is 406 g/mol. The van der Waals surface area contributed by atoms with Gasteiger partial charge in [0.1, 0.15) is 0 Å². The molecule has 0 radical (unpaired) electrons. The first kappa shape index (κ1) is 20.5. The summed E-state index contributed by atoms with van der Waals surface area (Å²) in [4.78, 5) is 19.9. The maximum absolute atomic E-state index is 13.1. The maximum atomic E-state index is 13.1. The highest BCUT2D eigenvalue weighted by molar-refractivity contribution is 7.89.